The van der Waals surface area contributed by atoms with Gasteiger partial charge in [-0.05, 0) is 188 Å². The number of hydrogen-bond donors (Lipinski definition) is 0. The van der Waals surface area contributed by atoms with Crippen LogP contribution >= 0.6 is 0 Å². The molecule has 11 aromatic carbocycles. The van der Waals surface area contributed by atoms with Gasteiger partial charge in [0.1, 0.15) is 0 Å². The van der Waals surface area contributed by atoms with Gasteiger partial charge in [0.05, 0.1) is 10.8 Å². The monoisotopic (exact) mass is 953 g/mol. The summed E-state index contributed by atoms with van der Waals surface area (Å²) in [5, 5.41) is 10.8. The highest BCUT2D eigenvalue weighted by molar-refractivity contribution is 6.36. The maximum Gasteiger partial charge on any atom is 0.0726 e. The molecule has 0 saturated heterocycles. The Hall–Kier alpha value is -7.28. The Morgan fingerprint density at radius 1 is 0.230 bits per heavy atom. The summed E-state index contributed by atoms with van der Waals surface area (Å²) < 4.78 is 0. The third kappa shape index (κ3) is 5.30. The van der Waals surface area contributed by atoms with Crippen molar-refractivity contribution >= 4 is 43.1 Å². The first kappa shape index (κ1) is 44.2. The SMILES string of the molecule is CC(C)(C)c1ccc2c(c1)C1(c3cc(C(C)(C)C)ccc3-2)c2ccccc2-c2c1cc1c3cccc4c5c(cc(c6cccc2c61)c43)C1(c2cc(C(C)(C)C)ccc2-c2ccc(C(C)(C)C)cc21)c1ccccc1-5. The lowest BCUT2D eigenvalue weighted by molar-refractivity contribution is 0.586. The molecule has 360 valence electrons. The Labute approximate surface area is 437 Å². The van der Waals surface area contributed by atoms with E-state index in [1.165, 1.54) is 154 Å². The molecule has 4 aliphatic carbocycles. The molecule has 15 rings (SSSR count). The average molecular weight is 953 g/mol. The lowest BCUT2D eigenvalue weighted by Crippen LogP contribution is -2.27. The van der Waals surface area contributed by atoms with Crippen LogP contribution < -0.4 is 0 Å². The van der Waals surface area contributed by atoms with E-state index in [1.807, 2.05) is 0 Å². The highest BCUT2D eigenvalue weighted by atomic mass is 14.6. The van der Waals surface area contributed by atoms with Crippen molar-refractivity contribution < 1.29 is 0 Å². The molecule has 0 unspecified atom stereocenters. The van der Waals surface area contributed by atoms with Crippen molar-refractivity contribution in [2.24, 2.45) is 0 Å². The van der Waals surface area contributed by atoms with Gasteiger partial charge in [-0.1, -0.05) is 241 Å². The van der Waals surface area contributed by atoms with Gasteiger partial charge in [-0.25, -0.2) is 0 Å². The number of benzene rings is 11. The lowest BCUT2D eigenvalue weighted by Gasteiger charge is -2.33. The highest BCUT2D eigenvalue weighted by Crippen LogP contribution is 2.68. The molecule has 0 heteroatoms. The van der Waals surface area contributed by atoms with E-state index in [1.54, 1.807) is 0 Å². The largest absolute Gasteiger partial charge is 0.0726 e. The first-order chi connectivity index (χ1) is 35.2. The Morgan fingerprint density at radius 3 is 0.838 bits per heavy atom. The summed E-state index contributed by atoms with van der Waals surface area (Å²) >= 11 is 0. The third-order valence-electron chi connectivity index (χ3n) is 18.7. The van der Waals surface area contributed by atoms with Crippen LogP contribution in [-0.4, -0.2) is 0 Å². The zero-order chi connectivity index (χ0) is 51.0. The Kier molecular flexibility index (Phi) is 8.31. The molecular formula is C74H64. The summed E-state index contributed by atoms with van der Waals surface area (Å²) in [6.45, 7) is 28.4. The van der Waals surface area contributed by atoms with Crippen molar-refractivity contribution in [2.45, 2.75) is 116 Å². The first-order valence-electron chi connectivity index (χ1n) is 27.2. The van der Waals surface area contributed by atoms with Gasteiger partial charge in [-0.15, -0.1) is 0 Å². The number of rotatable bonds is 0. The van der Waals surface area contributed by atoms with Crippen LogP contribution in [0.4, 0.5) is 0 Å². The van der Waals surface area contributed by atoms with Crippen molar-refractivity contribution in [1.82, 2.24) is 0 Å². The smallest absolute Gasteiger partial charge is 0.0619 e. The van der Waals surface area contributed by atoms with Crippen LogP contribution in [0.5, 0.6) is 0 Å². The maximum atomic E-state index is 2.68. The number of hydrogen-bond acceptors (Lipinski definition) is 0. The third-order valence-corrected chi connectivity index (χ3v) is 18.7. The van der Waals surface area contributed by atoms with E-state index in [-0.39, 0.29) is 21.7 Å². The van der Waals surface area contributed by atoms with Crippen LogP contribution in [-0.2, 0) is 32.5 Å². The second-order valence-corrected chi connectivity index (χ2v) is 26.8. The molecule has 0 aromatic heterocycles. The molecule has 0 atom stereocenters. The van der Waals surface area contributed by atoms with Crippen LogP contribution in [0.3, 0.4) is 0 Å². The Morgan fingerprint density at radius 2 is 0.527 bits per heavy atom. The highest BCUT2D eigenvalue weighted by Gasteiger charge is 2.55. The van der Waals surface area contributed by atoms with Crippen LogP contribution in [0.15, 0.2) is 170 Å². The predicted molar refractivity (Wildman–Crippen MR) is 315 cm³/mol. The fourth-order valence-corrected chi connectivity index (χ4v) is 15.0. The summed E-state index contributed by atoms with van der Waals surface area (Å²) in [4.78, 5) is 0. The van der Waals surface area contributed by atoms with E-state index in [9.17, 15) is 0 Å². The quantitative estimate of drug-likeness (QED) is 0.105. The van der Waals surface area contributed by atoms with E-state index in [0.717, 1.165) is 0 Å². The molecule has 0 heterocycles. The van der Waals surface area contributed by atoms with Crippen molar-refractivity contribution in [3.8, 4) is 44.5 Å². The minimum absolute atomic E-state index is 0.0178. The Bertz CT molecular complexity index is 3920. The van der Waals surface area contributed by atoms with E-state index >= 15 is 0 Å². The molecule has 0 bridgehead atoms. The molecule has 0 nitrogen and oxygen atoms in total. The van der Waals surface area contributed by atoms with Gasteiger partial charge < -0.3 is 0 Å². The van der Waals surface area contributed by atoms with Crippen LogP contribution in [0, 0.1) is 0 Å². The molecule has 0 saturated carbocycles. The molecule has 0 radical (unpaired) electrons. The summed E-state index contributed by atoms with van der Waals surface area (Å²) in [6, 6.07) is 68.5. The molecule has 4 aliphatic rings. The van der Waals surface area contributed by atoms with Crippen LogP contribution in [0.25, 0.3) is 87.6 Å². The molecule has 11 aromatic rings. The summed E-state index contributed by atoms with van der Waals surface area (Å²) in [6.07, 6.45) is 0. The molecule has 0 aliphatic heterocycles. The molecule has 0 amide bonds. The van der Waals surface area contributed by atoms with Gasteiger partial charge in [-0.2, -0.15) is 0 Å². The Balaban J connectivity index is 1.11. The minimum Gasteiger partial charge on any atom is -0.0619 e. The summed E-state index contributed by atoms with van der Waals surface area (Å²) in [7, 11) is 0. The standard InChI is InChI=1S/C74H64/c1-69(2,3)41-27-31-45-46-32-28-42(70(4,5)6)36-60(46)73(59(45)35-41)57-25-15-13-19-51(57)67-53-23-17-22-50-56-40-64-68(54-24-18-21-49(66(54)56)55(65(50)53)39-63(67)73)52-20-14-16-26-58(52)74(64)61-37-43(71(7,8)9)29-33-47(61)48-34-30-44(38-62(48)74)72(10,11)12/h13-40H,1-12H3. The van der Waals surface area contributed by atoms with E-state index < -0.39 is 10.8 Å². The van der Waals surface area contributed by atoms with E-state index in [4.69, 9.17) is 0 Å². The normalized spacial score (nSPS) is 15.5. The van der Waals surface area contributed by atoms with Crippen molar-refractivity contribution in [1.29, 1.82) is 0 Å². The zero-order valence-electron chi connectivity index (χ0n) is 45.2. The molecule has 74 heavy (non-hydrogen) atoms. The first-order valence-corrected chi connectivity index (χ1v) is 27.2. The fourth-order valence-electron chi connectivity index (χ4n) is 15.0. The van der Waals surface area contributed by atoms with Gasteiger partial charge in [-0.3, -0.25) is 0 Å². The van der Waals surface area contributed by atoms with E-state index in [0.29, 0.717) is 0 Å². The van der Waals surface area contributed by atoms with E-state index in [2.05, 4.69) is 253 Å². The molecule has 0 fully saturated rings. The minimum atomic E-state index is -0.502. The van der Waals surface area contributed by atoms with Crippen LogP contribution in [0.1, 0.15) is 150 Å². The zero-order valence-corrected chi connectivity index (χ0v) is 45.2. The van der Waals surface area contributed by atoms with Gasteiger partial charge >= 0.3 is 0 Å². The van der Waals surface area contributed by atoms with Crippen molar-refractivity contribution in [3.63, 3.8) is 0 Å². The van der Waals surface area contributed by atoms with Gasteiger partial charge in [0.25, 0.3) is 0 Å². The number of fused-ring (bicyclic) bond motifs is 24. The van der Waals surface area contributed by atoms with Crippen molar-refractivity contribution in [2.75, 3.05) is 0 Å². The second kappa shape index (κ2) is 13.9. The van der Waals surface area contributed by atoms with Gasteiger partial charge in [0.2, 0.25) is 0 Å². The lowest BCUT2D eigenvalue weighted by atomic mass is 9.68. The summed E-state index contributed by atoms with van der Waals surface area (Å²) in [5.74, 6) is 0. The van der Waals surface area contributed by atoms with Crippen LogP contribution in [0.2, 0.25) is 0 Å². The van der Waals surface area contributed by atoms with Gasteiger partial charge in [0.15, 0.2) is 0 Å². The molecule has 2 spiro atoms. The average Bonchev–Trinajstić information content (AvgIpc) is 4.07. The fraction of sp³-hybridized carbons (Fsp3) is 0.243. The molecular weight excluding hydrogens is 889 g/mol. The second-order valence-electron chi connectivity index (χ2n) is 26.8. The maximum absolute atomic E-state index is 2.68. The predicted octanol–water partition coefficient (Wildman–Crippen LogP) is 19.6. The summed E-state index contributed by atoms with van der Waals surface area (Å²) in [5.41, 5.74) is 26.6. The van der Waals surface area contributed by atoms with Gasteiger partial charge in [0, 0.05) is 0 Å². The van der Waals surface area contributed by atoms with Crippen molar-refractivity contribution in [3.05, 3.63) is 237 Å². The molecule has 0 N–H and O–H groups in total. The topological polar surface area (TPSA) is 0 Å².